The molecule has 8 heteroatoms. The maximum Gasteiger partial charge on any atom is 0.411 e. The second-order valence-electron chi connectivity index (χ2n) is 9.09. The molecule has 3 rings (SSSR count). The highest BCUT2D eigenvalue weighted by molar-refractivity contribution is 5.93. The van der Waals surface area contributed by atoms with Crippen LogP contribution in [-0.2, 0) is 30.5 Å². The number of piperidine rings is 1. The van der Waals surface area contributed by atoms with E-state index < -0.39 is 29.6 Å². The van der Waals surface area contributed by atoms with Gasteiger partial charge in [-0.25, -0.2) is 4.79 Å². The zero-order chi connectivity index (χ0) is 22.6. The van der Waals surface area contributed by atoms with Crippen LogP contribution in [0.4, 0.5) is 4.79 Å². The Balaban J connectivity index is 1.63. The van der Waals surface area contributed by atoms with Crippen molar-refractivity contribution in [1.29, 1.82) is 0 Å². The molecule has 0 aromatic heterocycles. The molecule has 1 aliphatic carbocycles. The summed E-state index contributed by atoms with van der Waals surface area (Å²) in [7, 11) is 0. The van der Waals surface area contributed by atoms with E-state index in [2.05, 4.69) is 0 Å². The molecule has 0 unspecified atom stereocenters. The average molecular weight is 431 g/mol. The van der Waals surface area contributed by atoms with Crippen molar-refractivity contribution >= 4 is 24.4 Å². The van der Waals surface area contributed by atoms with E-state index in [9.17, 15) is 19.2 Å². The van der Waals surface area contributed by atoms with E-state index in [1.807, 2.05) is 30.3 Å². The highest BCUT2D eigenvalue weighted by Gasteiger charge is 2.53. The van der Waals surface area contributed by atoms with Crippen molar-refractivity contribution in [1.82, 2.24) is 9.80 Å². The molecule has 168 valence electrons. The SMILES string of the molecule is CC(C)(C)OC(=O)CCN(C=O)C(=O)[C@@H]1[C@H]2CC[C@H](C2)N1C(=O)OCc1ccccc1. The number of carbonyl (C=O) groups excluding carboxylic acids is 4. The molecule has 1 aromatic rings. The van der Waals surface area contributed by atoms with Crippen LogP contribution in [0.2, 0.25) is 0 Å². The summed E-state index contributed by atoms with van der Waals surface area (Å²) in [6, 6.07) is 8.51. The van der Waals surface area contributed by atoms with Crippen molar-refractivity contribution in [3.8, 4) is 0 Å². The first kappa shape index (κ1) is 22.8. The highest BCUT2D eigenvalue weighted by atomic mass is 16.6. The molecule has 1 aliphatic heterocycles. The van der Waals surface area contributed by atoms with E-state index in [0.717, 1.165) is 29.7 Å². The zero-order valence-electron chi connectivity index (χ0n) is 18.3. The van der Waals surface area contributed by atoms with Gasteiger partial charge in [0.15, 0.2) is 0 Å². The Morgan fingerprint density at radius 3 is 2.52 bits per heavy atom. The van der Waals surface area contributed by atoms with Crippen molar-refractivity contribution in [2.75, 3.05) is 6.54 Å². The van der Waals surface area contributed by atoms with Gasteiger partial charge < -0.3 is 9.47 Å². The number of ether oxygens (including phenoxy) is 2. The zero-order valence-corrected chi connectivity index (χ0v) is 18.3. The standard InChI is InChI=1S/C23H30N2O6/c1-23(2,3)31-19(27)11-12-24(15-26)21(28)20-17-9-10-18(13-17)25(20)22(29)30-14-16-7-5-4-6-8-16/h4-8,15,17-18,20H,9-14H2,1-3H3/t17-,18+,20-/m0/s1. The minimum atomic E-state index is -0.745. The predicted octanol–water partition coefficient (Wildman–Crippen LogP) is 2.89. The average Bonchev–Trinajstić information content (AvgIpc) is 3.33. The van der Waals surface area contributed by atoms with Crippen molar-refractivity contribution in [3.63, 3.8) is 0 Å². The van der Waals surface area contributed by atoms with Crippen LogP contribution in [-0.4, -0.2) is 58.4 Å². The number of fused-ring (bicyclic) bond motifs is 2. The minimum Gasteiger partial charge on any atom is -0.460 e. The van der Waals surface area contributed by atoms with Gasteiger partial charge in [0.25, 0.3) is 5.91 Å². The molecule has 2 fully saturated rings. The van der Waals surface area contributed by atoms with Crippen molar-refractivity contribution < 1.29 is 28.7 Å². The molecule has 1 saturated carbocycles. The third kappa shape index (κ3) is 5.62. The van der Waals surface area contributed by atoms with Crippen LogP contribution >= 0.6 is 0 Å². The predicted molar refractivity (Wildman–Crippen MR) is 112 cm³/mol. The quantitative estimate of drug-likeness (QED) is 0.488. The second-order valence-corrected chi connectivity index (χ2v) is 9.09. The van der Waals surface area contributed by atoms with Crippen LogP contribution < -0.4 is 0 Å². The fraction of sp³-hybridized carbons (Fsp3) is 0.565. The fourth-order valence-corrected chi connectivity index (χ4v) is 4.35. The molecule has 0 radical (unpaired) electrons. The van der Waals surface area contributed by atoms with Gasteiger partial charge in [0.1, 0.15) is 18.2 Å². The second kappa shape index (κ2) is 9.49. The van der Waals surface area contributed by atoms with Crippen molar-refractivity contribution in [2.24, 2.45) is 5.92 Å². The first-order valence-corrected chi connectivity index (χ1v) is 10.7. The molecule has 31 heavy (non-hydrogen) atoms. The number of nitrogens with zero attached hydrogens (tertiary/aromatic N) is 2. The smallest absolute Gasteiger partial charge is 0.411 e. The van der Waals surface area contributed by atoms with Gasteiger partial charge in [0.05, 0.1) is 6.42 Å². The van der Waals surface area contributed by atoms with E-state index >= 15 is 0 Å². The lowest BCUT2D eigenvalue weighted by atomic mass is 9.97. The summed E-state index contributed by atoms with van der Waals surface area (Å²) >= 11 is 0. The van der Waals surface area contributed by atoms with E-state index in [1.165, 1.54) is 4.90 Å². The number of hydrogen-bond donors (Lipinski definition) is 0. The monoisotopic (exact) mass is 430 g/mol. The van der Waals surface area contributed by atoms with Crippen LogP contribution in [0.1, 0.15) is 52.0 Å². The first-order chi connectivity index (χ1) is 14.7. The Morgan fingerprint density at radius 2 is 1.87 bits per heavy atom. The Kier molecular flexibility index (Phi) is 6.97. The van der Waals surface area contributed by atoms with Crippen LogP contribution in [0.15, 0.2) is 30.3 Å². The van der Waals surface area contributed by atoms with Crippen molar-refractivity contribution in [3.05, 3.63) is 35.9 Å². The van der Waals surface area contributed by atoms with Crippen LogP contribution in [0, 0.1) is 5.92 Å². The Labute approximate surface area is 182 Å². The summed E-state index contributed by atoms with van der Waals surface area (Å²) in [4.78, 5) is 52.0. The maximum atomic E-state index is 13.1. The molecular formula is C23H30N2O6. The van der Waals surface area contributed by atoms with Gasteiger partial charge in [-0.1, -0.05) is 30.3 Å². The lowest BCUT2D eigenvalue weighted by Gasteiger charge is -2.35. The topological polar surface area (TPSA) is 93.2 Å². The molecule has 3 amide bonds. The number of carbonyl (C=O) groups is 4. The molecule has 1 aromatic carbocycles. The lowest BCUT2D eigenvalue weighted by molar-refractivity contribution is -0.155. The summed E-state index contributed by atoms with van der Waals surface area (Å²) in [5.41, 5.74) is 0.215. The molecule has 1 saturated heterocycles. The molecular weight excluding hydrogens is 400 g/mol. The number of imide groups is 1. The number of likely N-dealkylation sites (tertiary alicyclic amines) is 1. The summed E-state index contributed by atoms with van der Waals surface area (Å²) in [5, 5.41) is 0. The summed E-state index contributed by atoms with van der Waals surface area (Å²) in [6.45, 7) is 5.29. The maximum absolute atomic E-state index is 13.1. The minimum absolute atomic E-state index is 0.00856. The lowest BCUT2D eigenvalue weighted by Crippen LogP contribution is -2.54. The number of benzene rings is 1. The van der Waals surface area contributed by atoms with Gasteiger partial charge in [-0.2, -0.15) is 0 Å². The van der Waals surface area contributed by atoms with E-state index in [4.69, 9.17) is 9.47 Å². The molecule has 2 aliphatic rings. The molecule has 2 bridgehead atoms. The molecule has 0 N–H and O–H groups in total. The number of esters is 1. The highest BCUT2D eigenvalue weighted by Crippen LogP contribution is 2.43. The Morgan fingerprint density at radius 1 is 1.16 bits per heavy atom. The summed E-state index contributed by atoms with van der Waals surface area (Å²) < 4.78 is 10.7. The first-order valence-electron chi connectivity index (χ1n) is 10.7. The molecule has 3 atom stereocenters. The van der Waals surface area contributed by atoms with Gasteiger partial charge in [-0.15, -0.1) is 0 Å². The number of rotatable bonds is 7. The normalized spacial score (nSPS) is 22.2. The van der Waals surface area contributed by atoms with Crippen LogP contribution in [0.25, 0.3) is 0 Å². The van der Waals surface area contributed by atoms with Gasteiger partial charge in [-0.3, -0.25) is 24.2 Å². The summed E-state index contributed by atoms with van der Waals surface area (Å²) in [5.74, 6) is -0.965. The van der Waals surface area contributed by atoms with Gasteiger partial charge in [0.2, 0.25) is 6.41 Å². The third-order valence-corrected chi connectivity index (χ3v) is 5.64. The molecule has 0 spiro atoms. The summed E-state index contributed by atoms with van der Waals surface area (Å²) in [6.07, 6.45) is 2.13. The Bertz CT molecular complexity index is 819. The van der Waals surface area contributed by atoms with E-state index in [0.29, 0.717) is 6.41 Å². The third-order valence-electron chi connectivity index (χ3n) is 5.64. The van der Waals surface area contributed by atoms with Gasteiger partial charge >= 0.3 is 12.1 Å². The number of amides is 3. The van der Waals surface area contributed by atoms with Crippen molar-refractivity contribution in [2.45, 2.75) is 70.7 Å². The Hall–Kier alpha value is -2.90. The fourth-order valence-electron chi connectivity index (χ4n) is 4.35. The van der Waals surface area contributed by atoms with E-state index in [1.54, 1.807) is 20.8 Å². The van der Waals surface area contributed by atoms with Gasteiger partial charge in [0, 0.05) is 12.6 Å². The van der Waals surface area contributed by atoms with Gasteiger partial charge in [-0.05, 0) is 51.5 Å². The molecule has 8 nitrogen and oxygen atoms in total. The van der Waals surface area contributed by atoms with Crippen LogP contribution in [0.3, 0.4) is 0 Å². The van der Waals surface area contributed by atoms with E-state index in [-0.39, 0.29) is 31.5 Å². The van der Waals surface area contributed by atoms with Crippen LogP contribution in [0.5, 0.6) is 0 Å². The number of hydrogen-bond acceptors (Lipinski definition) is 6. The molecule has 1 heterocycles. The largest absolute Gasteiger partial charge is 0.460 e.